The Bertz CT molecular complexity index is 583. The quantitative estimate of drug-likeness (QED) is 0.676. The Kier molecular flexibility index (Phi) is 3.77. The summed E-state index contributed by atoms with van der Waals surface area (Å²) in [5, 5.41) is 21.1. The van der Waals surface area contributed by atoms with Gasteiger partial charge < -0.3 is 9.84 Å². The van der Waals surface area contributed by atoms with Gasteiger partial charge >= 0.3 is 0 Å². The van der Waals surface area contributed by atoms with E-state index in [1.807, 2.05) is 6.07 Å². The fourth-order valence-electron chi connectivity index (χ4n) is 1.86. The monoisotopic (exact) mass is 259 g/mol. The number of non-ortho nitro benzene ring substituents is 1. The molecule has 0 aromatic heterocycles. The highest BCUT2D eigenvalue weighted by molar-refractivity contribution is 5.47. The van der Waals surface area contributed by atoms with E-state index in [0.29, 0.717) is 16.9 Å². The van der Waals surface area contributed by atoms with Gasteiger partial charge in [0.15, 0.2) is 0 Å². The number of benzene rings is 2. The fraction of sp³-hybridized carbons (Fsp3) is 0.143. The van der Waals surface area contributed by atoms with Gasteiger partial charge in [0, 0.05) is 17.7 Å². The molecule has 5 nitrogen and oxygen atoms in total. The Balaban J connectivity index is 2.47. The van der Waals surface area contributed by atoms with Gasteiger partial charge in [0.25, 0.3) is 5.69 Å². The highest BCUT2D eigenvalue weighted by Crippen LogP contribution is 2.32. The molecule has 19 heavy (non-hydrogen) atoms. The summed E-state index contributed by atoms with van der Waals surface area (Å²) < 4.78 is 5.14. The van der Waals surface area contributed by atoms with Crippen LogP contribution in [0.4, 0.5) is 5.69 Å². The zero-order valence-electron chi connectivity index (χ0n) is 10.3. The van der Waals surface area contributed by atoms with E-state index in [9.17, 15) is 15.2 Å². The summed E-state index contributed by atoms with van der Waals surface area (Å²) in [6, 6.07) is 13.1. The van der Waals surface area contributed by atoms with Crippen molar-refractivity contribution >= 4 is 5.69 Å². The summed E-state index contributed by atoms with van der Waals surface area (Å²) in [5.74, 6) is 0.418. The maximum Gasteiger partial charge on any atom is 0.270 e. The third-order valence-corrected chi connectivity index (χ3v) is 2.83. The smallest absolute Gasteiger partial charge is 0.270 e. The number of nitrogens with zero attached hydrogens (tertiary/aromatic N) is 1. The molecule has 0 bridgehead atoms. The second kappa shape index (κ2) is 5.49. The lowest BCUT2D eigenvalue weighted by atomic mass is 10.00. The van der Waals surface area contributed by atoms with E-state index in [4.69, 9.17) is 4.74 Å². The molecule has 0 radical (unpaired) electrons. The lowest BCUT2D eigenvalue weighted by Crippen LogP contribution is -2.03. The lowest BCUT2D eigenvalue weighted by Gasteiger charge is -2.14. The number of hydrogen-bond donors (Lipinski definition) is 1. The van der Waals surface area contributed by atoms with Crippen molar-refractivity contribution in [2.45, 2.75) is 6.10 Å². The van der Waals surface area contributed by atoms with Crippen LogP contribution < -0.4 is 4.74 Å². The number of nitro groups is 1. The van der Waals surface area contributed by atoms with Gasteiger partial charge in [0.2, 0.25) is 0 Å². The van der Waals surface area contributed by atoms with Crippen LogP contribution in [0, 0.1) is 10.1 Å². The number of methoxy groups -OCH3 is 1. The molecule has 1 atom stereocenters. The minimum Gasteiger partial charge on any atom is -0.496 e. The zero-order valence-corrected chi connectivity index (χ0v) is 10.3. The molecule has 0 aliphatic rings. The lowest BCUT2D eigenvalue weighted by molar-refractivity contribution is -0.385. The predicted molar refractivity (Wildman–Crippen MR) is 70.2 cm³/mol. The van der Waals surface area contributed by atoms with Crippen LogP contribution >= 0.6 is 0 Å². The number of ether oxygens (including phenoxy) is 1. The molecule has 98 valence electrons. The second-order valence-electron chi connectivity index (χ2n) is 4.00. The fourth-order valence-corrected chi connectivity index (χ4v) is 1.86. The highest BCUT2D eigenvalue weighted by Gasteiger charge is 2.19. The molecular formula is C14H13NO4. The van der Waals surface area contributed by atoms with E-state index in [2.05, 4.69) is 0 Å². The number of nitro benzene ring substituents is 1. The normalized spacial score (nSPS) is 11.9. The molecule has 2 aromatic carbocycles. The van der Waals surface area contributed by atoms with Crippen LogP contribution in [-0.2, 0) is 0 Å². The Morgan fingerprint density at radius 1 is 1.21 bits per heavy atom. The first-order valence-corrected chi connectivity index (χ1v) is 5.69. The van der Waals surface area contributed by atoms with Gasteiger partial charge in [-0.05, 0) is 11.6 Å². The van der Waals surface area contributed by atoms with Gasteiger partial charge in [-0.2, -0.15) is 0 Å². The largest absolute Gasteiger partial charge is 0.496 e. The number of rotatable bonds is 4. The van der Waals surface area contributed by atoms with Gasteiger partial charge in [0.1, 0.15) is 11.9 Å². The molecule has 5 heteroatoms. The van der Waals surface area contributed by atoms with Crippen LogP contribution in [0.3, 0.4) is 0 Å². The van der Waals surface area contributed by atoms with E-state index >= 15 is 0 Å². The Morgan fingerprint density at radius 3 is 2.47 bits per heavy atom. The van der Waals surface area contributed by atoms with Gasteiger partial charge in [0.05, 0.1) is 12.0 Å². The van der Waals surface area contributed by atoms with E-state index in [0.717, 1.165) is 0 Å². The average Bonchev–Trinajstić information content (AvgIpc) is 2.46. The molecule has 1 N–H and O–H groups in total. The van der Waals surface area contributed by atoms with Crippen molar-refractivity contribution in [1.29, 1.82) is 0 Å². The van der Waals surface area contributed by atoms with Gasteiger partial charge in [-0.1, -0.05) is 30.3 Å². The van der Waals surface area contributed by atoms with E-state index in [-0.39, 0.29) is 5.69 Å². The van der Waals surface area contributed by atoms with Gasteiger partial charge in [-0.15, -0.1) is 0 Å². The van der Waals surface area contributed by atoms with Gasteiger partial charge in [-0.3, -0.25) is 10.1 Å². The molecule has 0 saturated heterocycles. The van der Waals surface area contributed by atoms with Gasteiger partial charge in [-0.25, -0.2) is 0 Å². The van der Waals surface area contributed by atoms with Crippen LogP contribution in [0.1, 0.15) is 17.2 Å². The van der Waals surface area contributed by atoms with Crippen molar-refractivity contribution in [3.05, 3.63) is 69.8 Å². The standard InChI is InChI=1S/C14H13NO4/c1-19-13-8-7-11(15(17)18)9-12(13)14(16)10-5-3-2-4-6-10/h2-9,14,16H,1H3. The van der Waals surface area contributed by atoms with Crippen LogP contribution in [-0.4, -0.2) is 17.1 Å². The summed E-state index contributed by atoms with van der Waals surface area (Å²) in [5.41, 5.74) is 0.954. The molecule has 0 spiro atoms. The molecule has 0 saturated carbocycles. The molecule has 2 rings (SSSR count). The first kappa shape index (κ1) is 13.0. The van der Waals surface area contributed by atoms with E-state index in [1.54, 1.807) is 24.3 Å². The summed E-state index contributed by atoms with van der Waals surface area (Å²) >= 11 is 0. The maximum absolute atomic E-state index is 10.8. The SMILES string of the molecule is COc1ccc([N+](=O)[O-])cc1C(O)c1ccccc1. The van der Waals surface area contributed by atoms with Crippen LogP contribution in [0.25, 0.3) is 0 Å². The number of hydrogen-bond acceptors (Lipinski definition) is 4. The molecule has 2 aromatic rings. The minimum absolute atomic E-state index is 0.0780. The zero-order chi connectivity index (χ0) is 13.8. The Morgan fingerprint density at radius 2 is 1.89 bits per heavy atom. The summed E-state index contributed by atoms with van der Waals surface area (Å²) in [6.45, 7) is 0. The molecule has 0 fully saturated rings. The summed E-state index contributed by atoms with van der Waals surface area (Å²) in [7, 11) is 1.46. The third kappa shape index (κ3) is 2.71. The second-order valence-corrected chi connectivity index (χ2v) is 4.00. The first-order valence-electron chi connectivity index (χ1n) is 5.69. The topological polar surface area (TPSA) is 72.6 Å². The van der Waals surface area contributed by atoms with Crippen LogP contribution in [0.5, 0.6) is 5.75 Å². The third-order valence-electron chi connectivity index (χ3n) is 2.83. The van der Waals surface area contributed by atoms with Crippen LogP contribution in [0.15, 0.2) is 48.5 Å². The van der Waals surface area contributed by atoms with Crippen molar-refractivity contribution in [2.24, 2.45) is 0 Å². The molecule has 1 unspecified atom stereocenters. The molecule has 0 heterocycles. The van der Waals surface area contributed by atoms with Crippen molar-refractivity contribution < 1.29 is 14.8 Å². The number of aliphatic hydroxyl groups excluding tert-OH is 1. The van der Waals surface area contributed by atoms with Crippen LogP contribution in [0.2, 0.25) is 0 Å². The first-order chi connectivity index (χ1) is 9.13. The predicted octanol–water partition coefficient (Wildman–Crippen LogP) is 2.69. The number of aliphatic hydroxyl groups is 1. The molecule has 0 aliphatic heterocycles. The molecular weight excluding hydrogens is 246 g/mol. The average molecular weight is 259 g/mol. The summed E-state index contributed by atoms with van der Waals surface area (Å²) in [6.07, 6.45) is -0.962. The Hall–Kier alpha value is -2.40. The maximum atomic E-state index is 10.8. The summed E-state index contributed by atoms with van der Waals surface area (Å²) in [4.78, 5) is 10.3. The van der Waals surface area contributed by atoms with Crippen molar-refractivity contribution in [3.8, 4) is 5.75 Å². The highest BCUT2D eigenvalue weighted by atomic mass is 16.6. The van der Waals surface area contributed by atoms with E-state index < -0.39 is 11.0 Å². The molecule has 0 aliphatic carbocycles. The van der Waals surface area contributed by atoms with E-state index in [1.165, 1.54) is 25.3 Å². The minimum atomic E-state index is -0.962. The Labute approximate surface area is 110 Å². The molecule has 0 amide bonds. The van der Waals surface area contributed by atoms with Crippen molar-refractivity contribution in [1.82, 2.24) is 0 Å². The van der Waals surface area contributed by atoms with Crippen molar-refractivity contribution in [3.63, 3.8) is 0 Å². The van der Waals surface area contributed by atoms with Crippen molar-refractivity contribution in [2.75, 3.05) is 7.11 Å².